The van der Waals surface area contributed by atoms with Gasteiger partial charge in [0.25, 0.3) is 5.91 Å². The maximum Gasteiger partial charge on any atom is 0.258 e. The summed E-state index contributed by atoms with van der Waals surface area (Å²) >= 11 is 0. The lowest BCUT2D eigenvalue weighted by atomic mass is 10.1. The van der Waals surface area contributed by atoms with Crippen molar-refractivity contribution in [3.05, 3.63) is 71.8 Å². The second-order valence-corrected chi connectivity index (χ2v) is 6.28. The SMILES string of the molecule is Cc1ccc(C)c(OCC(=O)NC(C)c2ccc(-n3cncn3)cc2)c1. The van der Waals surface area contributed by atoms with Crippen LogP contribution >= 0.6 is 0 Å². The normalized spacial score (nSPS) is 11.8. The summed E-state index contributed by atoms with van der Waals surface area (Å²) in [6, 6.07) is 13.7. The average molecular weight is 350 g/mol. The Hall–Kier alpha value is -3.15. The Balaban J connectivity index is 1.56. The van der Waals surface area contributed by atoms with Crippen molar-refractivity contribution >= 4 is 5.91 Å². The number of nitrogens with one attached hydrogen (secondary N) is 1. The quantitative estimate of drug-likeness (QED) is 0.741. The molecule has 0 aliphatic rings. The van der Waals surface area contributed by atoms with E-state index in [9.17, 15) is 4.79 Å². The van der Waals surface area contributed by atoms with E-state index in [1.54, 1.807) is 11.0 Å². The fourth-order valence-corrected chi connectivity index (χ4v) is 2.63. The summed E-state index contributed by atoms with van der Waals surface area (Å²) in [4.78, 5) is 16.1. The summed E-state index contributed by atoms with van der Waals surface area (Å²) in [5.41, 5.74) is 4.05. The molecule has 0 bridgehead atoms. The predicted octanol–water partition coefficient (Wildman–Crippen LogP) is 3.14. The fourth-order valence-electron chi connectivity index (χ4n) is 2.63. The third-order valence-electron chi connectivity index (χ3n) is 4.16. The highest BCUT2D eigenvalue weighted by atomic mass is 16.5. The van der Waals surface area contributed by atoms with Gasteiger partial charge in [0.2, 0.25) is 0 Å². The van der Waals surface area contributed by atoms with E-state index in [-0.39, 0.29) is 18.6 Å². The van der Waals surface area contributed by atoms with Crippen LogP contribution in [0.1, 0.15) is 29.7 Å². The van der Waals surface area contributed by atoms with Crippen LogP contribution in [0.2, 0.25) is 0 Å². The van der Waals surface area contributed by atoms with Gasteiger partial charge in [0.1, 0.15) is 18.4 Å². The monoisotopic (exact) mass is 350 g/mol. The number of ether oxygens (including phenoxy) is 1. The molecule has 6 heteroatoms. The minimum absolute atomic E-state index is 0.00826. The zero-order valence-corrected chi connectivity index (χ0v) is 15.1. The molecule has 1 heterocycles. The first kappa shape index (κ1) is 17.7. The number of benzene rings is 2. The third-order valence-corrected chi connectivity index (χ3v) is 4.16. The molecule has 1 unspecified atom stereocenters. The first-order valence-electron chi connectivity index (χ1n) is 8.47. The lowest BCUT2D eigenvalue weighted by molar-refractivity contribution is -0.123. The number of amides is 1. The van der Waals surface area contributed by atoms with Crippen LogP contribution in [-0.2, 0) is 4.79 Å². The zero-order valence-electron chi connectivity index (χ0n) is 15.1. The minimum Gasteiger partial charge on any atom is -0.483 e. The lowest BCUT2D eigenvalue weighted by Crippen LogP contribution is -2.31. The maximum absolute atomic E-state index is 12.2. The van der Waals surface area contributed by atoms with Crippen LogP contribution in [0.4, 0.5) is 0 Å². The Morgan fingerprint density at radius 3 is 2.65 bits per heavy atom. The van der Waals surface area contributed by atoms with E-state index in [4.69, 9.17) is 4.74 Å². The van der Waals surface area contributed by atoms with E-state index in [2.05, 4.69) is 15.4 Å². The van der Waals surface area contributed by atoms with Gasteiger partial charge in [-0.2, -0.15) is 5.10 Å². The molecule has 1 N–H and O–H groups in total. The molecule has 1 amide bonds. The van der Waals surface area contributed by atoms with Crippen molar-refractivity contribution in [1.29, 1.82) is 0 Å². The molecule has 0 saturated carbocycles. The van der Waals surface area contributed by atoms with Gasteiger partial charge in [-0.05, 0) is 55.7 Å². The number of hydrogen-bond donors (Lipinski definition) is 1. The number of nitrogens with zero attached hydrogens (tertiary/aromatic N) is 3. The Labute approximate surface area is 152 Å². The third kappa shape index (κ3) is 4.27. The van der Waals surface area contributed by atoms with E-state index in [1.165, 1.54) is 6.33 Å². The van der Waals surface area contributed by atoms with Gasteiger partial charge in [0, 0.05) is 0 Å². The van der Waals surface area contributed by atoms with Crippen LogP contribution in [-0.4, -0.2) is 27.3 Å². The Bertz CT molecular complexity index is 873. The summed E-state index contributed by atoms with van der Waals surface area (Å²) in [5, 5.41) is 7.05. The van der Waals surface area contributed by atoms with Crippen LogP contribution in [0.15, 0.2) is 55.1 Å². The van der Waals surface area contributed by atoms with E-state index in [0.717, 1.165) is 28.1 Å². The molecule has 26 heavy (non-hydrogen) atoms. The molecular weight excluding hydrogens is 328 g/mol. The topological polar surface area (TPSA) is 69.0 Å². The van der Waals surface area contributed by atoms with Crippen molar-refractivity contribution in [1.82, 2.24) is 20.1 Å². The van der Waals surface area contributed by atoms with Crippen LogP contribution < -0.4 is 10.1 Å². The molecule has 1 aromatic heterocycles. The average Bonchev–Trinajstić information content (AvgIpc) is 3.17. The summed E-state index contributed by atoms with van der Waals surface area (Å²) in [6.07, 6.45) is 3.14. The number of carbonyl (C=O) groups is 1. The molecule has 0 radical (unpaired) electrons. The maximum atomic E-state index is 12.2. The number of carbonyl (C=O) groups excluding carboxylic acids is 1. The number of aromatic nitrogens is 3. The molecule has 0 aliphatic carbocycles. The minimum atomic E-state index is -0.154. The van der Waals surface area contributed by atoms with Gasteiger partial charge in [-0.25, -0.2) is 9.67 Å². The number of rotatable bonds is 6. The molecule has 6 nitrogen and oxygen atoms in total. The smallest absolute Gasteiger partial charge is 0.258 e. The van der Waals surface area contributed by atoms with Gasteiger partial charge >= 0.3 is 0 Å². The first-order valence-corrected chi connectivity index (χ1v) is 8.47. The molecule has 1 atom stereocenters. The molecule has 0 aliphatic heterocycles. The second kappa shape index (κ2) is 7.82. The predicted molar refractivity (Wildman–Crippen MR) is 99.3 cm³/mol. The van der Waals surface area contributed by atoms with Crippen LogP contribution in [0.3, 0.4) is 0 Å². The number of aryl methyl sites for hydroxylation is 2. The second-order valence-electron chi connectivity index (χ2n) is 6.28. The standard InChI is InChI=1S/C20H22N4O2/c1-14-4-5-15(2)19(10-14)26-11-20(25)23-16(3)17-6-8-18(9-7-17)24-13-21-12-22-24/h4-10,12-13,16H,11H2,1-3H3,(H,23,25). The zero-order chi connectivity index (χ0) is 18.5. The van der Waals surface area contributed by atoms with Crippen LogP contribution in [0, 0.1) is 13.8 Å². The Kier molecular flexibility index (Phi) is 5.31. The summed E-state index contributed by atoms with van der Waals surface area (Å²) in [5.74, 6) is 0.587. The molecular formula is C20H22N4O2. The van der Waals surface area contributed by atoms with Gasteiger partial charge < -0.3 is 10.1 Å². The number of hydrogen-bond acceptors (Lipinski definition) is 4. The highest BCUT2D eigenvalue weighted by Gasteiger charge is 2.11. The highest BCUT2D eigenvalue weighted by Crippen LogP contribution is 2.19. The van der Waals surface area contributed by atoms with E-state index >= 15 is 0 Å². The van der Waals surface area contributed by atoms with Gasteiger partial charge in [-0.3, -0.25) is 4.79 Å². The molecule has 0 spiro atoms. The van der Waals surface area contributed by atoms with Crippen LogP contribution in [0.5, 0.6) is 5.75 Å². The summed E-state index contributed by atoms with van der Waals surface area (Å²) in [7, 11) is 0. The fraction of sp³-hybridized carbons (Fsp3) is 0.250. The van der Waals surface area contributed by atoms with E-state index in [1.807, 2.05) is 63.2 Å². The Morgan fingerprint density at radius 2 is 1.96 bits per heavy atom. The van der Waals surface area contributed by atoms with Gasteiger partial charge in [-0.1, -0.05) is 24.3 Å². The van der Waals surface area contributed by atoms with Gasteiger partial charge in [-0.15, -0.1) is 0 Å². The summed E-state index contributed by atoms with van der Waals surface area (Å²) in [6.45, 7) is 5.90. The molecule has 2 aromatic carbocycles. The highest BCUT2D eigenvalue weighted by molar-refractivity contribution is 5.78. The molecule has 134 valence electrons. The van der Waals surface area contributed by atoms with Crippen molar-refractivity contribution in [3.8, 4) is 11.4 Å². The van der Waals surface area contributed by atoms with Gasteiger partial charge in [0.15, 0.2) is 6.61 Å². The Morgan fingerprint density at radius 1 is 1.19 bits per heavy atom. The molecule has 0 saturated heterocycles. The molecule has 3 aromatic rings. The lowest BCUT2D eigenvalue weighted by Gasteiger charge is -2.16. The van der Waals surface area contributed by atoms with E-state index < -0.39 is 0 Å². The van der Waals surface area contributed by atoms with Crippen molar-refractivity contribution < 1.29 is 9.53 Å². The summed E-state index contributed by atoms with van der Waals surface area (Å²) < 4.78 is 7.34. The van der Waals surface area contributed by atoms with E-state index in [0.29, 0.717) is 0 Å². The van der Waals surface area contributed by atoms with Gasteiger partial charge in [0.05, 0.1) is 11.7 Å². The largest absolute Gasteiger partial charge is 0.483 e. The van der Waals surface area contributed by atoms with Crippen molar-refractivity contribution in [2.24, 2.45) is 0 Å². The van der Waals surface area contributed by atoms with Crippen LogP contribution in [0.25, 0.3) is 5.69 Å². The molecule has 3 rings (SSSR count). The first-order chi connectivity index (χ1) is 12.5. The van der Waals surface area contributed by atoms with Crippen molar-refractivity contribution in [2.45, 2.75) is 26.8 Å². The molecule has 0 fully saturated rings. The van der Waals surface area contributed by atoms with Crippen molar-refractivity contribution in [3.63, 3.8) is 0 Å². The van der Waals surface area contributed by atoms with Crippen molar-refractivity contribution in [2.75, 3.05) is 6.61 Å².